The van der Waals surface area contributed by atoms with Crippen LogP contribution in [0.3, 0.4) is 0 Å². The fourth-order valence-corrected chi connectivity index (χ4v) is 3.61. The van der Waals surface area contributed by atoms with Gasteiger partial charge in [0.2, 0.25) is 5.91 Å². The molecule has 0 bridgehead atoms. The van der Waals surface area contributed by atoms with Gasteiger partial charge in [-0.2, -0.15) is 0 Å². The number of methoxy groups -OCH3 is 1. The Labute approximate surface area is 158 Å². The van der Waals surface area contributed by atoms with Crippen LogP contribution in [0.15, 0.2) is 47.5 Å². The van der Waals surface area contributed by atoms with Crippen LogP contribution in [-0.4, -0.2) is 23.8 Å². The topological polar surface area (TPSA) is 51.2 Å². The third kappa shape index (κ3) is 3.83. The minimum absolute atomic E-state index is 0.0817. The Bertz CT molecular complexity index is 970. The number of hydrogen-bond donors (Lipinski definition) is 1. The average Bonchev–Trinajstić information content (AvgIpc) is 2.64. The van der Waals surface area contributed by atoms with Crippen LogP contribution in [0.1, 0.15) is 16.7 Å². The normalized spacial score (nSPS) is 10.8. The molecule has 0 unspecified atom stereocenters. The summed E-state index contributed by atoms with van der Waals surface area (Å²) in [5.74, 6) is 0.862. The Morgan fingerprint density at radius 3 is 2.58 bits per heavy atom. The average molecular weight is 366 g/mol. The third-order valence-electron chi connectivity index (χ3n) is 4.27. The van der Waals surface area contributed by atoms with Crippen molar-refractivity contribution in [3.8, 4) is 5.75 Å². The molecule has 2 aromatic carbocycles. The number of pyridine rings is 1. The summed E-state index contributed by atoms with van der Waals surface area (Å²) in [5, 5.41) is 4.96. The van der Waals surface area contributed by atoms with E-state index in [-0.39, 0.29) is 5.91 Å². The molecule has 5 heteroatoms. The number of aromatic nitrogens is 1. The molecule has 1 N–H and O–H groups in total. The van der Waals surface area contributed by atoms with Gasteiger partial charge < -0.3 is 10.1 Å². The van der Waals surface area contributed by atoms with E-state index in [2.05, 4.69) is 37.4 Å². The number of benzene rings is 2. The van der Waals surface area contributed by atoms with E-state index in [9.17, 15) is 4.79 Å². The lowest BCUT2D eigenvalue weighted by molar-refractivity contribution is -0.113. The summed E-state index contributed by atoms with van der Waals surface area (Å²) in [7, 11) is 1.59. The molecule has 134 valence electrons. The third-order valence-corrected chi connectivity index (χ3v) is 5.36. The lowest BCUT2D eigenvalue weighted by atomic mass is 10.0. The summed E-state index contributed by atoms with van der Waals surface area (Å²) in [4.78, 5) is 17.1. The highest BCUT2D eigenvalue weighted by Gasteiger charge is 2.11. The predicted molar refractivity (Wildman–Crippen MR) is 108 cm³/mol. The Hall–Kier alpha value is -2.53. The molecular formula is C21H22N2O2S. The lowest BCUT2D eigenvalue weighted by Crippen LogP contribution is -2.14. The van der Waals surface area contributed by atoms with Crippen molar-refractivity contribution in [3.63, 3.8) is 0 Å². The molecule has 0 spiro atoms. The fourth-order valence-electron chi connectivity index (χ4n) is 2.83. The molecule has 3 rings (SSSR count). The maximum Gasteiger partial charge on any atom is 0.234 e. The SMILES string of the molecule is COc1ccccc1NC(=O)CSc1nc2c(C)ccc(C)c2cc1C. The summed E-state index contributed by atoms with van der Waals surface area (Å²) in [6.45, 7) is 6.19. The number of thioether (sulfide) groups is 1. The highest BCUT2D eigenvalue weighted by molar-refractivity contribution is 8.00. The Morgan fingerprint density at radius 2 is 1.81 bits per heavy atom. The molecule has 3 aromatic rings. The van der Waals surface area contributed by atoms with E-state index in [0.29, 0.717) is 17.2 Å². The van der Waals surface area contributed by atoms with Gasteiger partial charge in [0, 0.05) is 5.39 Å². The van der Waals surface area contributed by atoms with Crippen molar-refractivity contribution in [3.05, 3.63) is 59.2 Å². The van der Waals surface area contributed by atoms with Crippen LogP contribution in [0, 0.1) is 20.8 Å². The van der Waals surface area contributed by atoms with Gasteiger partial charge in [0.05, 0.1) is 24.1 Å². The second kappa shape index (κ2) is 7.79. The molecule has 0 saturated heterocycles. The first-order valence-corrected chi connectivity index (χ1v) is 9.41. The molecule has 1 heterocycles. The monoisotopic (exact) mass is 366 g/mol. The number of aryl methyl sites for hydroxylation is 3. The number of hydrogen-bond acceptors (Lipinski definition) is 4. The van der Waals surface area contributed by atoms with Gasteiger partial charge in [0.15, 0.2) is 0 Å². The summed E-state index contributed by atoms with van der Waals surface area (Å²) in [5.41, 5.74) is 5.12. The second-order valence-corrected chi connectivity index (χ2v) is 7.21. The summed E-state index contributed by atoms with van der Waals surface area (Å²) in [6, 6.07) is 13.7. The second-order valence-electron chi connectivity index (χ2n) is 6.24. The van der Waals surface area contributed by atoms with Crippen molar-refractivity contribution < 1.29 is 9.53 Å². The van der Waals surface area contributed by atoms with Gasteiger partial charge in [-0.3, -0.25) is 4.79 Å². The maximum atomic E-state index is 12.3. The summed E-state index contributed by atoms with van der Waals surface area (Å²) in [6.07, 6.45) is 0. The quantitative estimate of drug-likeness (QED) is 0.653. The van der Waals surface area contributed by atoms with Crippen LogP contribution in [0.5, 0.6) is 5.75 Å². The van der Waals surface area contributed by atoms with Crippen LogP contribution < -0.4 is 10.1 Å². The number of nitrogens with one attached hydrogen (secondary N) is 1. The Kier molecular flexibility index (Phi) is 5.47. The van der Waals surface area contributed by atoms with Crippen molar-refractivity contribution in [2.24, 2.45) is 0 Å². The van der Waals surface area contributed by atoms with Crippen molar-refractivity contribution >= 4 is 34.3 Å². The molecule has 26 heavy (non-hydrogen) atoms. The van der Waals surface area contributed by atoms with E-state index in [1.54, 1.807) is 7.11 Å². The van der Waals surface area contributed by atoms with E-state index in [4.69, 9.17) is 9.72 Å². The van der Waals surface area contributed by atoms with Crippen LogP contribution in [0.4, 0.5) is 5.69 Å². The summed E-state index contributed by atoms with van der Waals surface area (Å²) < 4.78 is 5.27. The van der Waals surface area contributed by atoms with Crippen molar-refractivity contribution in [1.29, 1.82) is 0 Å². The van der Waals surface area contributed by atoms with Crippen molar-refractivity contribution in [2.45, 2.75) is 25.8 Å². The maximum absolute atomic E-state index is 12.3. The van der Waals surface area contributed by atoms with E-state index in [1.165, 1.54) is 22.7 Å². The lowest BCUT2D eigenvalue weighted by Gasteiger charge is -2.12. The van der Waals surface area contributed by atoms with Gasteiger partial charge in [-0.05, 0) is 55.7 Å². The molecule has 0 aliphatic heterocycles. The molecule has 0 aliphatic rings. The van der Waals surface area contributed by atoms with Crippen LogP contribution in [0.25, 0.3) is 10.9 Å². The number of para-hydroxylation sites is 2. The van der Waals surface area contributed by atoms with E-state index in [0.717, 1.165) is 21.7 Å². The van der Waals surface area contributed by atoms with Gasteiger partial charge in [-0.15, -0.1) is 0 Å². The molecule has 0 radical (unpaired) electrons. The number of ether oxygens (including phenoxy) is 1. The van der Waals surface area contributed by atoms with Gasteiger partial charge in [-0.25, -0.2) is 4.98 Å². The fraction of sp³-hybridized carbons (Fsp3) is 0.238. The molecule has 4 nitrogen and oxygen atoms in total. The highest BCUT2D eigenvalue weighted by atomic mass is 32.2. The number of carbonyl (C=O) groups excluding carboxylic acids is 1. The van der Waals surface area contributed by atoms with Gasteiger partial charge >= 0.3 is 0 Å². The number of fused-ring (bicyclic) bond motifs is 1. The standard InChI is InChI=1S/C21H22N2O2S/c1-13-9-10-14(2)20-16(13)11-15(3)21(23-20)26-12-19(24)22-17-7-5-6-8-18(17)25-4/h5-11H,12H2,1-4H3,(H,22,24). The molecule has 0 atom stereocenters. The number of nitrogens with zero attached hydrogens (tertiary/aromatic N) is 1. The Balaban J connectivity index is 1.76. The van der Waals surface area contributed by atoms with Crippen LogP contribution in [-0.2, 0) is 4.79 Å². The van der Waals surface area contributed by atoms with Crippen molar-refractivity contribution in [2.75, 3.05) is 18.2 Å². The molecule has 0 fully saturated rings. The zero-order chi connectivity index (χ0) is 18.7. The van der Waals surface area contributed by atoms with E-state index < -0.39 is 0 Å². The molecule has 1 aromatic heterocycles. The molecule has 0 saturated carbocycles. The first kappa shape index (κ1) is 18.3. The van der Waals surface area contributed by atoms with Crippen LogP contribution in [0.2, 0.25) is 0 Å². The first-order valence-electron chi connectivity index (χ1n) is 8.43. The zero-order valence-electron chi connectivity index (χ0n) is 15.4. The number of amides is 1. The molecular weight excluding hydrogens is 344 g/mol. The van der Waals surface area contributed by atoms with Crippen molar-refractivity contribution in [1.82, 2.24) is 4.98 Å². The molecule has 1 amide bonds. The molecule has 0 aliphatic carbocycles. The Morgan fingerprint density at radius 1 is 1.08 bits per heavy atom. The smallest absolute Gasteiger partial charge is 0.234 e. The zero-order valence-corrected chi connectivity index (χ0v) is 16.2. The van der Waals surface area contributed by atoms with Gasteiger partial charge in [-0.1, -0.05) is 36.0 Å². The van der Waals surface area contributed by atoms with E-state index in [1.807, 2.05) is 31.2 Å². The first-order chi connectivity index (χ1) is 12.5. The number of rotatable bonds is 5. The summed E-state index contributed by atoms with van der Waals surface area (Å²) >= 11 is 1.45. The predicted octanol–water partition coefficient (Wildman–Crippen LogP) is 4.90. The highest BCUT2D eigenvalue weighted by Crippen LogP contribution is 2.28. The van der Waals surface area contributed by atoms with E-state index >= 15 is 0 Å². The largest absolute Gasteiger partial charge is 0.495 e. The number of anilines is 1. The van der Waals surface area contributed by atoms with Gasteiger partial charge in [0.25, 0.3) is 0 Å². The number of carbonyl (C=O) groups is 1. The van der Waals surface area contributed by atoms with Crippen LogP contribution >= 0.6 is 11.8 Å². The minimum atomic E-state index is -0.0817. The van der Waals surface area contributed by atoms with Gasteiger partial charge in [0.1, 0.15) is 10.8 Å². The minimum Gasteiger partial charge on any atom is -0.495 e.